The van der Waals surface area contributed by atoms with E-state index in [0.29, 0.717) is 17.6 Å². The van der Waals surface area contributed by atoms with E-state index in [9.17, 15) is 0 Å². The van der Waals surface area contributed by atoms with E-state index >= 15 is 0 Å². The lowest BCUT2D eigenvalue weighted by Gasteiger charge is -2.29. The van der Waals surface area contributed by atoms with Gasteiger partial charge in [-0.05, 0) is 73.6 Å². The smallest absolute Gasteiger partial charge is 0.258 e. The van der Waals surface area contributed by atoms with Crippen LogP contribution in [0.3, 0.4) is 0 Å². The minimum absolute atomic E-state index is 0.597. The fraction of sp³-hybridized carbons (Fsp3) is 0.562. The average molecular weight is 473 g/mol. The fourth-order valence-electron chi connectivity index (χ4n) is 5.58. The standard InChI is InChI=1S/C32H44N2O/c1-3-5-7-8-10-12-26-15-19-30(20-16-26)32-33-31(34-35-32)29-23-21-28(22-24-29)27-17-13-25(14-18-27)11-9-6-4-2/h15-16,19-25,27H,3-14,17-18H2,1-2H3. The number of aryl methyl sites for hydroxylation is 1. The number of nitrogens with zero attached hydrogens (tertiary/aromatic N) is 2. The summed E-state index contributed by atoms with van der Waals surface area (Å²) in [4.78, 5) is 4.69. The molecule has 188 valence electrons. The van der Waals surface area contributed by atoms with Gasteiger partial charge in [0.2, 0.25) is 5.82 Å². The van der Waals surface area contributed by atoms with Gasteiger partial charge >= 0.3 is 0 Å². The molecule has 1 aromatic heterocycles. The fourth-order valence-corrected chi connectivity index (χ4v) is 5.58. The summed E-state index contributed by atoms with van der Waals surface area (Å²) in [6.07, 6.45) is 18.7. The zero-order valence-electron chi connectivity index (χ0n) is 22.0. The molecule has 0 aliphatic heterocycles. The first-order chi connectivity index (χ1) is 17.3. The zero-order chi connectivity index (χ0) is 24.3. The minimum Gasteiger partial charge on any atom is -0.334 e. The first-order valence-electron chi connectivity index (χ1n) is 14.3. The third-order valence-corrected chi connectivity index (χ3v) is 7.90. The molecule has 1 aliphatic carbocycles. The molecule has 1 aliphatic rings. The zero-order valence-corrected chi connectivity index (χ0v) is 22.0. The maximum atomic E-state index is 5.61. The van der Waals surface area contributed by atoms with Gasteiger partial charge in [-0.1, -0.05) is 107 Å². The lowest BCUT2D eigenvalue weighted by Crippen LogP contribution is -2.13. The van der Waals surface area contributed by atoms with E-state index in [0.717, 1.165) is 23.5 Å². The second kappa shape index (κ2) is 13.6. The number of rotatable bonds is 13. The second-order valence-corrected chi connectivity index (χ2v) is 10.6. The Balaban J connectivity index is 1.29. The molecule has 3 heteroatoms. The summed E-state index contributed by atoms with van der Waals surface area (Å²) in [6, 6.07) is 17.5. The molecular weight excluding hydrogens is 428 g/mol. The molecule has 0 bridgehead atoms. The molecule has 1 heterocycles. The van der Waals surface area contributed by atoms with E-state index in [1.807, 2.05) is 0 Å². The Kier molecular flexibility index (Phi) is 9.98. The van der Waals surface area contributed by atoms with Gasteiger partial charge in [-0.2, -0.15) is 4.98 Å². The Morgan fingerprint density at radius 3 is 2.09 bits per heavy atom. The van der Waals surface area contributed by atoms with E-state index in [1.165, 1.54) is 94.6 Å². The van der Waals surface area contributed by atoms with E-state index in [4.69, 9.17) is 4.52 Å². The molecule has 35 heavy (non-hydrogen) atoms. The van der Waals surface area contributed by atoms with E-state index < -0.39 is 0 Å². The molecule has 0 spiro atoms. The maximum absolute atomic E-state index is 5.61. The molecular formula is C32H44N2O. The van der Waals surface area contributed by atoms with Crippen molar-refractivity contribution in [1.82, 2.24) is 10.1 Å². The normalized spacial score (nSPS) is 18.1. The molecule has 0 amide bonds. The molecule has 1 fully saturated rings. The van der Waals surface area contributed by atoms with Crippen LogP contribution in [0.5, 0.6) is 0 Å². The third-order valence-electron chi connectivity index (χ3n) is 7.90. The average Bonchev–Trinajstić information content (AvgIpc) is 3.40. The number of benzene rings is 2. The van der Waals surface area contributed by atoms with Crippen LogP contribution < -0.4 is 0 Å². The Labute approximate surface area is 212 Å². The van der Waals surface area contributed by atoms with Gasteiger partial charge in [-0.3, -0.25) is 0 Å². The van der Waals surface area contributed by atoms with Gasteiger partial charge in [0.25, 0.3) is 5.89 Å². The number of aromatic nitrogens is 2. The summed E-state index contributed by atoms with van der Waals surface area (Å²) in [5.74, 6) is 2.93. The summed E-state index contributed by atoms with van der Waals surface area (Å²) < 4.78 is 5.61. The van der Waals surface area contributed by atoms with Crippen molar-refractivity contribution in [1.29, 1.82) is 0 Å². The predicted octanol–water partition coefficient (Wildman–Crippen LogP) is 9.77. The van der Waals surface area contributed by atoms with Gasteiger partial charge in [-0.25, -0.2) is 0 Å². The Bertz CT molecular complexity index is 981. The van der Waals surface area contributed by atoms with Crippen LogP contribution in [0.15, 0.2) is 53.1 Å². The number of unbranched alkanes of at least 4 members (excludes halogenated alkanes) is 6. The number of hydrogen-bond acceptors (Lipinski definition) is 3. The highest BCUT2D eigenvalue weighted by molar-refractivity contribution is 5.60. The van der Waals surface area contributed by atoms with Crippen molar-refractivity contribution in [2.24, 2.45) is 5.92 Å². The predicted molar refractivity (Wildman–Crippen MR) is 146 cm³/mol. The topological polar surface area (TPSA) is 38.9 Å². The first-order valence-corrected chi connectivity index (χ1v) is 14.3. The monoisotopic (exact) mass is 472 g/mol. The third kappa shape index (κ3) is 7.53. The van der Waals surface area contributed by atoms with Gasteiger partial charge in [0.1, 0.15) is 0 Å². The summed E-state index contributed by atoms with van der Waals surface area (Å²) in [5.41, 5.74) is 4.87. The minimum atomic E-state index is 0.597. The largest absolute Gasteiger partial charge is 0.334 e. The quantitative estimate of drug-likeness (QED) is 0.232. The van der Waals surface area contributed by atoms with Crippen molar-refractivity contribution in [2.75, 3.05) is 0 Å². The van der Waals surface area contributed by atoms with Gasteiger partial charge in [0, 0.05) is 11.1 Å². The summed E-state index contributed by atoms with van der Waals surface area (Å²) in [6.45, 7) is 4.56. The summed E-state index contributed by atoms with van der Waals surface area (Å²) in [5, 5.41) is 4.26. The SMILES string of the molecule is CCCCCCCc1ccc(-c2nc(-c3ccc(C4CCC(CCCCC)CC4)cc3)no2)cc1. The first kappa shape index (κ1) is 25.7. The van der Waals surface area contributed by atoms with Crippen molar-refractivity contribution >= 4 is 0 Å². The van der Waals surface area contributed by atoms with E-state index in [2.05, 4.69) is 72.5 Å². The molecule has 2 aromatic carbocycles. The van der Waals surface area contributed by atoms with Crippen LogP contribution in [0.2, 0.25) is 0 Å². The van der Waals surface area contributed by atoms with Crippen molar-refractivity contribution in [3.8, 4) is 22.8 Å². The molecule has 1 saturated carbocycles. The molecule has 3 aromatic rings. The van der Waals surface area contributed by atoms with Crippen LogP contribution in [0.4, 0.5) is 0 Å². The van der Waals surface area contributed by atoms with Crippen molar-refractivity contribution < 1.29 is 4.52 Å². The second-order valence-electron chi connectivity index (χ2n) is 10.6. The molecule has 4 rings (SSSR count). The lowest BCUT2D eigenvalue weighted by atomic mass is 9.77. The Morgan fingerprint density at radius 2 is 1.37 bits per heavy atom. The molecule has 0 unspecified atom stereocenters. The van der Waals surface area contributed by atoms with Crippen molar-refractivity contribution in [2.45, 2.75) is 110 Å². The lowest BCUT2D eigenvalue weighted by molar-refractivity contribution is 0.303. The molecule has 3 nitrogen and oxygen atoms in total. The Morgan fingerprint density at radius 1 is 0.714 bits per heavy atom. The van der Waals surface area contributed by atoms with Gasteiger partial charge in [-0.15, -0.1) is 0 Å². The molecule has 0 N–H and O–H groups in total. The van der Waals surface area contributed by atoms with Crippen LogP contribution in [-0.4, -0.2) is 10.1 Å². The van der Waals surface area contributed by atoms with Crippen LogP contribution in [0.25, 0.3) is 22.8 Å². The summed E-state index contributed by atoms with van der Waals surface area (Å²) in [7, 11) is 0. The summed E-state index contributed by atoms with van der Waals surface area (Å²) >= 11 is 0. The molecule has 0 saturated heterocycles. The van der Waals surface area contributed by atoms with Crippen LogP contribution >= 0.6 is 0 Å². The van der Waals surface area contributed by atoms with Crippen LogP contribution in [0, 0.1) is 5.92 Å². The van der Waals surface area contributed by atoms with E-state index in [-0.39, 0.29) is 0 Å². The highest BCUT2D eigenvalue weighted by Gasteiger charge is 2.22. The molecule has 0 atom stereocenters. The van der Waals surface area contributed by atoms with E-state index in [1.54, 1.807) is 0 Å². The van der Waals surface area contributed by atoms with Crippen LogP contribution in [0.1, 0.15) is 114 Å². The maximum Gasteiger partial charge on any atom is 0.258 e. The van der Waals surface area contributed by atoms with Gasteiger partial charge in [0.15, 0.2) is 0 Å². The van der Waals surface area contributed by atoms with Crippen molar-refractivity contribution in [3.05, 3.63) is 59.7 Å². The number of hydrogen-bond donors (Lipinski definition) is 0. The highest BCUT2D eigenvalue weighted by atomic mass is 16.5. The highest BCUT2D eigenvalue weighted by Crippen LogP contribution is 2.38. The van der Waals surface area contributed by atoms with Gasteiger partial charge in [0.05, 0.1) is 0 Å². The molecule has 0 radical (unpaired) electrons. The van der Waals surface area contributed by atoms with Crippen LogP contribution in [-0.2, 0) is 6.42 Å². The van der Waals surface area contributed by atoms with Crippen molar-refractivity contribution in [3.63, 3.8) is 0 Å². The Hall–Kier alpha value is -2.42. The van der Waals surface area contributed by atoms with Gasteiger partial charge < -0.3 is 4.52 Å².